The Hall–Kier alpha value is -2.87. The Morgan fingerprint density at radius 3 is 2.70 bits per heavy atom. The number of nitrogens with zero attached hydrogens (tertiary/aromatic N) is 3. The van der Waals surface area contributed by atoms with Crippen LogP contribution in [-0.4, -0.2) is 26.2 Å². The SMILES string of the molecule is O=C(CSc1nc2ccccc2c(=O)n1-c1cccc(Cl)c1)Nc1cccnc1Cl. The molecule has 1 N–H and O–H groups in total. The van der Waals surface area contributed by atoms with E-state index in [-0.39, 0.29) is 22.4 Å². The molecule has 30 heavy (non-hydrogen) atoms. The summed E-state index contributed by atoms with van der Waals surface area (Å²) in [5, 5.41) is 4.27. The number of nitrogens with one attached hydrogen (secondary N) is 1. The first-order chi connectivity index (χ1) is 14.5. The molecular weight excluding hydrogens is 443 g/mol. The molecule has 0 radical (unpaired) electrons. The van der Waals surface area contributed by atoms with Crippen molar-refractivity contribution in [3.05, 3.63) is 87.4 Å². The van der Waals surface area contributed by atoms with Gasteiger partial charge < -0.3 is 5.32 Å². The van der Waals surface area contributed by atoms with Gasteiger partial charge in [-0.2, -0.15) is 0 Å². The summed E-state index contributed by atoms with van der Waals surface area (Å²) in [5.41, 5.74) is 1.31. The summed E-state index contributed by atoms with van der Waals surface area (Å²) < 4.78 is 1.46. The highest BCUT2D eigenvalue weighted by molar-refractivity contribution is 7.99. The van der Waals surface area contributed by atoms with Crippen LogP contribution in [0.25, 0.3) is 16.6 Å². The molecule has 0 spiro atoms. The number of amides is 1. The Balaban J connectivity index is 1.69. The van der Waals surface area contributed by atoms with Gasteiger partial charge in [-0.05, 0) is 42.5 Å². The molecule has 150 valence electrons. The zero-order valence-electron chi connectivity index (χ0n) is 15.4. The van der Waals surface area contributed by atoms with Crippen LogP contribution in [0.15, 0.2) is 76.8 Å². The van der Waals surface area contributed by atoms with Gasteiger partial charge in [0.15, 0.2) is 10.3 Å². The molecule has 2 aromatic carbocycles. The Bertz CT molecular complexity index is 1310. The minimum Gasteiger partial charge on any atom is -0.323 e. The minimum atomic E-state index is -0.296. The molecule has 0 atom stereocenters. The molecular formula is C21H14Cl2N4O2S. The molecule has 0 saturated carbocycles. The number of carbonyl (C=O) groups excluding carboxylic acids is 1. The number of thioether (sulfide) groups is 1. The van der Waals surface area contributed by atoms with Crippen LogP contribution in [0.3, 0.4) is 0 Å². The van der Waals surface area contributed by atoms with Crippen LogP contribution in [0.4, 0.5) is 5.69 Å². The van der Waals surface area contributed by atoms with Crippen molar-refractivity contribution in [3.63, 3.8) is 0 Å². The Kier molecular flexibility index (Phi) is 6.03. The number of para-hydroxylation sites is 1. The van der Waals surface area contributed by atoms with Crippen molar-refractivity contribution in [3.8, 4) is 5.69 Å². The molecule has 0 unspecified atom stereocenters. The summed E-state index contributed by atoms with van der Waals surface area (Å²) in [6, 6.07) is 17.3. The minimum absolute atomic E-state index is 0.0244. The number of carbonyl (C=O) groups is 1. The highest BCUT2D eigenvalue weighted by Gasteiger charge is 2.15. The van der Waals surface area contributed by atoms with Crippen LogP contribution < -0.4 is 10.9 Å². The van der Waals surface area contributed by atoms with Gasteiger partial charge in [-0.3, -0.25) is 14.2 Å². The fourth-order valence-corrected chi connectivity index (χ4v) is 4.01. The monoisotopic (exact) mass is 456 g/mol. The van der Waals surface area contributed by atoms with Crippen LogP contribution in [0.2, 0.25) is 10.2 Å². The average Bonchev–Trinajstić information content (AvgIpc) is 2.74. The smallest absolute Gasteiger partial charge is 0.266 e. The topological polar surface area (TPSA) is 76.9 Å². The number of benzene rings is 2. The molecule has 0 saturated heterocycles. The van der Waals surface area contributed by atoms with Gasteiger partial charge in [0.1, 0.15) is 0 Å². The van der Waals surface area contributed by atoms with Gasteiger partial charge in [-0.15, -0.1) is 0 Å². The van der Waals surface area contributed by atoms with Crippen LogP contribution >= 0.6 is 35.0 Å². The highest BCUT2D eigenvalue weighted by Crippen LogP contribution is 2.24. The molecule has 2 aromatic heterocycles. The second-order valence-electron chi connectivity index (χ2n) is 6.21. The first kappa shape index (κ1) is 20.4. The quantitative estimate of drug-likeness (QED) is 0.264. The number of hydrogen-bond acceptors (Lipinski definition) is 5. The standard InChI is InChI=1S/C21H14Cl2N4O2S/c22-13-5-3-6-14(11-13)27-20(29)15-7-1-2-8-16(15)26-21(27)30-12-18(28)25-17-9-4-10-24-19(17)23/h1-11H,12H2,(H,25,28). The number of anilines is 1. The highest BCUT2D eigenvalue weighted by atomic mass is 35.5. The second-order valence-corrected chi connectivity index (χ2v) is 7.95. The Labute approximate surface area is 185 Å². The van der Waals surface area contributed by atoms with E-state index in [1.54, 1.807) is 54.6 Å². The predicted octanol–water partition coefficient (Wildman–Crippen LogP) is 4.82. The fourth-order valence-electron chi connectivity index (χ4n) is 2.85. The van der Waals surface area contributed by atoms with Gasteiger partial charge in [-0.25, -0.2) is 9.97 Å². The third-order valence-electron chi connectivity index (χ3n) is 4.18. The van der Waals surface area contributed by atoms with Crippen molar-refractivity contribution in [2.75, 3.05) is 11.1 Å². The summed E-state index contributed by atoms with van der Waals surface area (Å²) in [6.45, 7) is 0. The molecule has 4 rings (SSSR count). The van der Waals surface area contributed by atoms with Gasteiger partial charge in [0.2, 0.25) is 5.91 Å². The van der Waals surface area contributed by atoms with Gasteiger partial charge in [0.05, 0.1) is 28.0 Å². The normalized spacial score (nSPS) is 10.9. The molecule has 0 aliphatic heterocycles. The van der Waals surface area contributed by atoms with Crippen molar-refractivity contribution in [1.82, 2.24) is 14.5 Å². The summed E-state index contributed by atoms with van der Waals surface area (Å²) in [7, 11) is 0. The van der Waals surface area contributed by atoms with Crippen LogP contribution in [0.1, 0.15) is 0 Å². The number of rotatable bonds is 5. The zero-order chi connectivity index (χ0) is 21.1. The summed E-state index contributed by atoms with van der Waals surface area (Å²) >= 11 is 13.3. The number of halogens is 2. The number of hydrogen-bond donors (Lipinski definition) is 1. The number of pyridine rings is 1. The van der Waals surface area contributed by atoms with Gasteiger partial charge >= 0.3 is 0 Å². The molecule has 0 fully saturated rings. The summed E-state index contributed by atoms with van der Waals surface area (Å²) in [4.78, 5) is 34.2. The van der Waals surface area contributed by atoms with Crippen LogP contribution in [0, 0.1) is 0 Å². The maximum Gasteiger partial charge on any atom is 0.266 e. The van der Waals surface area contributed by atoms with E-state index < -0.39 is 0 Å². The van der Waals surface area contributed by atoms with Crippen molar-refractivity contribution in [1.29, 1.82) is 0 Å². The molecule has 4 aromatic rings. The maximum atomic E-state index is 13.2. The summed E-state index contributed by atoms with van der Waals surface area (Å²) in [5.74, 6) is -0.272. The van der Waals surface area contributed by atoms with Gasteiger partial charge in [0, 0.05) is 11.2 Å². The van der Waals surface area contributed by atoms with E-state index in [4.69, 9.17) is 23.2 Å². The van der Waals surface area contributed by atoms with Gasteiger partial charge in [-0.1, -0.05) is 53.2 Å². The van der Waals surface area contributed by atoms with Crippen molar-refractivity contribution in [2.45, 2.75) is 5.16 Å². The van der Waals surface area contributed by atoms with E-state index in [1.807, 2.05) is 6.07 Å². The van der Waals surface area contributed by atoms with E-state index in [1.165, 1.54) is 10.8 Å². The van der Waals surface area contributed by atoms with Crippen molar-refractivity contribution in [2.24, 2.45) is 0 Å². The average molecular weight is 457 g/mol. The van der Waals surface area contributed by atoms with Gasteiger partial charge in [0.25, 0.3) is 5.56 Å². The van der Waals surface area contributed by atoms with Crippen LogP contribution in [-0.2, 0) is 4.79 Å². The Morgan fingerprint density at radius 1 is 1.07 bits per heavy atom. The third kappa shape index (κ3) is 4.33. The molecule has 9 heteroatoms. The lowest BCUT2D eigenvalue weighted by Crippen LogP contribution is -2.23. The lowest BCUT2D eigenvalue weighted by atomic mass is 10.2. The number of aromatic nitrogens is 3. The lowest BCUT2D eigenvalue weighted by molar-refractivity contribution is -0.113. The van der Waals surface area contributed by atoms with Crippen molar-refractivity contribution < 1.29 is 4.79 Å². The van der Waals surface area contributed by atoms with E-state index in [2.05, 4.69) is 15.3 Å². The lowest BCUT2D eigenvalue weighted by Gasteiger charge is -2.13. The van der Waals surface area contributed by atoms with E-state index in [0.717, 1.165) is 11.8 Å². The van der Waals surface area contributed by atoms with E-state index in [0.29, 0.717) is 32.5 Å². The molecule has 0 bridgehead atoms. The number of fused-ring (bicyclic) bond motifs is 1. The Morgan fingerprint density at radius 2 is 1.90 bits per heavy atom. The van der Waals surface area contributed by atoms with Crippen LogP contribution in [0.5, 0.6) is 0 Å². The molecule has 2 heterocycles. The van der Waals surface area contributed by atoms with E-state index in [9.17, 15) is 9.59 Å². The molecule has 0 aliphatic carbocycles. The molecule has 0 aliphatic rings. The third-order valence-corrected chi connectivity index (χ3v) is 5.65. The largest absolute Gasteiger partial charge is 0.323 e. The maximum absolute atomic E-state index is 13.2. The summed E-state index contributed by atoms with van der Waals surface area (Å²) in [6.07, 6.45) is 1.54. The molecule has 6 nitrogen and oxygen atoms in total. The fraction of sp³-hybridized carbons (Fsp3) is 0.0476. The zero-order valence-corrected chi connectivity index (χ0v) is 17.7. The first-order valence-electron chi connectivity index (χ1n) is 8.84. The predicted molar refractivity (Wildman–Crippen MR) is 121 cm³/mol. The first-order valence-corrected chi connectivity index (χ1v) is 10.6. The van der Waals surface area contributed by atoms with Crippen molar-refractivity contribution >= 4 is 57.5 Å². The second kappa shape index (κ2) is 8.87. The van der Waals surface area contributed by atoms with E-state index >= 15 is 0 Å². The molecule has 1 amide bonds.